The Morgan fingerprint density at radius 3 is 3.00 bits per heavy atom. The Balaban J connectivity index is 1.33. The van der Waals surface area contributed by atoms with E-state index in [1.54, 1.807) is 23.7 Å². The van der Waals surface area contributed by atoms with Gasteiger partial charge in [-0.1, -0.05) is 19.3 Å². The average molecular weight is 359 g/mol. The summed E-state index contributed by atoms with van der Waals surface area (Å²) in [5, 5.41) is 5.79. The molecule has 1 aliphatic carbocycles. The van der Waals surface area contributed by atoms with Gasteiger partial charge in [0.25, 0.3) is 0 Å². The molecule has 2 aromatic rings. The summed E-state index contributed by atoms with van der Waals surface area (Å²) in [6.07, 6.45) is 11.4. The second-order valence-electron chi connectivity index (χ2n) is 6.40. The number of hydrogen-bond acceptors (Lipinski definition) is 5. The van der Waals surface area contributed by atoms with Gasteiger partial charge < -0.3 is 10.1 Å². The van der Waals surface area contributed by atoms with Gasteiger partial charge in [0.1, 0.15) is 5.01 Å². The maximum absolute atomic E-state index is 12.0. The van der Waals surface area contributed by atoms with E-state index in [9.17, 15) is 4.79 Å². The minimum atomic E-state index is 0.0145. The molecule has 1 N–H and O–H groups in total. The van der Waals surface area contributed by atoms with Crippen molar-refractivity contribution in [2.24, 2.45) is 0 Å². The number of amides is 1. The second kappa shape index (κ2) is 9.63. The second-order valence-corrected chi connectivity index (χ2v) is 7.25. The van der Waals surface area contributed by atoms with Gasteiger partial charge in [0.05, 0.1) is 18.2 Å². The van der Waals surface area contributed by atoms with Crippen LogP contribution in [0.5, 0.6) is 0 Å². The van der Waals surface area contributed by atoms with E-state index < -0.39 is 0 Å². The van der Waals surface area contributed by atoms with Crippen LogP contribution in [0.2, 0.25) is 0 Å². The van der Waals surface area contributed by atoms with Crippen LogP contribution in [0.15, 0.2) is 29.9 Å². The molecular formula is C19H25N3O2S. The topological polar surface area (TPSA) is 64.1 Å². The first-order chi connectivity index (χ1) is 12.3. The van der Waals surface area contributed by atoms with Crippen molar-refractivity contribution in [2.75, 3.05) is 13.2 Å². The summed E-state index contributed by atoms with van der Waals surface area (Å²) in [6, 6.07) is 3.86. The Kier molecular flexibility index (Phi) is 6.94. The smallest absolute Gasteiger partial charge is 0.226 e. The standard InChI is InChI=1S/C19H25N3O2S/c23-18(21-10-5-11-24-17-7-2-1-3-8-17)12-16-14-25-19(22-16)15-6-4-9-20-13-15/h4,6,9,13-14,17H,1-3,5,7-8,10-12H2,(H,21,23). The first-order valence-corrected chi connectivity index (χ1v) is 9.92. The third-order valence-corrected chi connectivity index (χ3v) is 5.29. The molecule has 1 aliphatic rings. The molecule has 1 fully saturated rings. The molecule has 1 amide bonds. The Bertz CT molecular complexity index is 654. The van der Waals surface area contributed by atoms with Gasteiger partial charge in [0.2, 0.25) is 5.91 Å². The molecule has 0 unspecified atom stereocenters. The summed E-state index contributed by atoms with van der Waals surface area (Å²) < 4.78 is 5.87. The van der Waals surface area contributed by atoms with Crippen LogP contribution < -0.4 is 5.32 Å². The molecule has 0 spiro atoms. The van der Waals surface area contributed by atoms with E-state index >= 15 is 0 Å². The van der Waals surface area contributed by atoms with Crippen molar-refractivity contribution in [1.29, 1.82) is 0 Å². The van der Waals surface area contributed by atoms with Gasteiger partial charge in [-0.25, -0.2) is 4.98 Å². The van der Waals surface area contributed by atoms with E-state index in [2.05, 4.69) is 15.3 Å². The average Bonchev–Trinajstić information content (AvgIpc) is 3.11. The third kappa shape index (κ3) is 5.90. The molecule has 0 aromatic carbocycles. The first-order valence-electron chi connectivity index (χ1n) is 9.04. The molecule has 6 heteroatoms. The number of hydrogen-bond donors (Lipinski definition) is 1. The summed E-state index contributed by atoms with van der Waals surface area (Å²) in [6.45, 7) is 1.39. The normalized spacial score (nSPS) is 15.2. The third-order valence-electron chi connectivity index (χ3n) is 4.35. The van der Waals surface area contributed by atoms with Gasteiger partial charge in [-0.2, -0.15) is 0 Å². The highest BCUT2D eigenvalue weighted by Crippen LogP contribution is 2.23. The number of carbonyl (C=O) groups is 1. The fourth-order valence-corrected chi connectivity index (χ4v) is 3.83. The van der Waals surface area contributed by atoms with Gasteiger partial charge in [-0.05, 0) is 31.4 Å². The molecule has 0 atom stereocenters. The zero-order chi connectivity index (χ0) is 17.3. The Hall–Kier alpha value is -1.79. The molecule has 0 bridgehead atoms. The van der Waals surface area contributed by atoms with Gasteiger partial charge in [-0.15, -0.1) is 11.3 Å². The molecule has 0 radical (unpaired) electrons. The molecule has 3 rings (SSSR count). The zero-order valence-corrected chi connectivity index (χ0v) is 15.3. The minimum absolute atomic E-state index is 0.0145. The van der Waals surface area contributed by atoms with E-state index in [-0.39, 0.29) is 5.91 Å². The first kappa shape index (κ1) is 18.0. The SMILES string of the molecule is O=C(Cc1csc(-c2cccnc2)n1)NCCCOC1CCCCC1. The number of aromatic nitrogens is 2. The number of thiazole rings is 1. The van der Waals surface area contributed by atoms with E-state index in [0.29, 0.717) is 19.1 Å². The Morgan fingerprint density at radius 2 is 2.20 bits per heavy atom. The summed E-state index contributed by atoms with van der Waals surface area (Å²) in [5.41, 5.74) is 1.79. The van der Waals surface area contributed by atoms with Gasteiger partial charge >= 0.3 is 0 Å². The van der Waals surface area contributed by atoms with Crippen molar-refractivity contribution in [3.05, 3.63) is 35.6 Å². The van der Waals surface area contributed by atoms with Crippen molar-refractivity contribution >= 4 is 17.2 Å². The van der Waals surface area contributed by atoms with Crippen LogP contribution in [0.25, 0.3) is 10.6 Å². The van der Waals surface area contributed by atoms with E-state index in [0.717, 1.165) is 29.3 Å². The number of nitrogens with zero attached hydrogens (tertiary/aromatic N) is 2. The van der Waals surface area contributed by atoms with Crippen LogP contribution in [0.4, 0.5) is 0 Å². The fraction of sp³-hybridized carbons (Fsp3) is 0.526. The highest BCUT2D eigenvalue weighted by atomic mass is 32.1. The van der Waals surface area contributed by atoms with Crippen LogP contribution in [0.3, 0.4) is 0 Å². The Morgan fingerprint density at radius 1 is 1.32 bits per heavy atom. The molecule has 134 valence electrons. The highest BCUT2D eigenvalue weighted by molar-refractivity contribution is 7.13. The van der Waals surface area contributed by atoms with Gasteiger partial charge in [-0.3, -0.25) is 9.78 Å². The van der Waals surface area contributed by atoms with Gasteiger partial charge in [0.15, 0.2) is 0 Å². The van der Waals surface area contributed by atoms with Crippen LogP contribution in [0, 0.1) is 0 Å². The monoisotopic (exact) mass is 359 g/mol. The van der Waals surface area contributed by atoms with E-state index in [1.807, 2.05) is 17.5 Å². The van der Waals surface area contributed by atoms with Crippen LogP contribution in [0.1, 0.15) is 44.2 Å². The van der Waals surface area contributed by atoms with Crippen molar-refractivity contribution in [3.63, 3.8) is 0 Å². The maximum atomic E-state index is 12.0. The quantitative estimate of drug-likeness (QED) is 0.732. The number of carbonyl (C=O) groups excluding carboxylic acids is 1. The lowest BCUT2D eigenvalue weighted by atomic mass is 9.98. The fourth-order valence-electron chi connectivity index (χ4n) is 3.02. The molecule has 1 saturated carbocycles. The van der Waals surface area contributed by atoms with Crippen LogP contribution in [-0.2, 0) is 16.0 Å². The highest BCUT2D eigenvalue weighted by Gasteiger charge is 2.13. The number of ether oxygens (including phenoxy) is 1. The van der Waals surface area contributed by atoms with Crippen LogP contribution in [-0.4, -0.2) is 35.1 Å². The Labute approximate surface area is 152 Å². The van der Waals surface area contributed by atoms with Crippen molar-refractivity contribution in [1.82, 2.24) is 15.3 Å². The lowest BCUT2D eigenvalue weighted by Gasteiger charge is -2.21. The molecule has 0 saturated heterocycles. The van der Waals surface area contributed by atoms with E-state index in [4.69, 9.17) is 4.74 Å². The summed E-state index contributed by atoms with van der Waals surface area (Å²) in [7, 11) is 0. The molecule has 25 heavy (non-hydrogen) atoms. The van der Waals surface area contributed by atoms with Gasteiger partial charge in [0, 0.05) is 36.5 Å². The van der Waals surface area contributed by atoms with Crippen molar-refractivity contribution in [3.8, 4) is 10.6 Å². The molecule has 2 heterocycles. The largest absolute Gasteiger partial charge is 0.378 e. The summed E-state index contributed by atoms with van der Waals surface area (Å²) in [5.74, 6) is 0.0145. The zero-order valence-electron chi connectivity index (χ0n) is 14.4. The predicted molar refractivity (Wildman–Crippen MR) is 99.5 cm³/mol. The number of rotatable bonds is 8. The van der Waals surface area contributed by atoms with Crippen molar-refractivity contribution in [2.45, 2.75) is 51.0 Å². The summed E-state index contributed by atoms with van der Waals surface area (Å²) >= 11 is 1.54. The lowest BCUT2D eigenvalue weighted by molar-refractivity contribution is -0.120. The predicted octanol–water partition coefficient (Wildman–Crippen LogP) is 3.60. The number of nitrogens with one attached hydrogen (secondary N) is 1. The minimum Gasteiger partial charge on any atom is -0.378 e. The van der Waals surface area contributed by atoms with E-state index in [1.165, 1.54) is 32.1 Å². The summed E-state index contributed by atoms with van der Waals surface area (Å²) in [4.78, 5) is 20.6. The molecule has 5 nitrogen and oxygen atoms in total. The molecular weight excluding hydrogens is 334 g/mol. The molecule has 2 aromatic heterocycles. The molecule has 0 aliphatic heterocycles. The maximum Gasteiger partial charge on any atom is 0.226 e. The van der Waals surface area contributed by atoms with Crippen molar-refractivity contribution < 1.29 is 9.53 Å². The number of pyridine rings is 1. The lowest BCUT2D eigenvalue weighted by Crippen LogP contribution is -2.27. The van der Waals surface area contributed by atoms with Crippen LogP contribution >= 0.6 is 11.3 Å².